The molecule has 0 saturated carbocycles. The predicted molar refractivity (Wildman–Crippen MR) is 66.6 cm³/mol. The molecule has 1 rings (SSSR count). The van der Waals surface area contributed by atoms with Crippen LogP contribution in [0.2, 0.25) is 0 Å². The summed E-state index contributed by atoms with van der Waals surface area (Å²) in [4.78, 5) is 10.6. The van der Waals surface area contributed by atoms with E-state index in [1.54, 1.807) is 6.07 Å². The number of hydrogen-bond donors (Lipinski definition) is 2. The van der Waals surface area contributed by atoms with Gasteiger partial charge in [0.1, 0.15) is 5.82 Å². The van der Waals surface area contributed by atoms with E-state index >= 15 is 0 Å². The summed E-state index contributed by atoms with van der Waals surface area (Å²) in [6.07, 6.45) is 4.43. The van der Waals surface area contributed by atoms with E-state index in [0.717, 1.165) is 11.1 Å². The molecular formula is C13H17FN2O. The van der Waals surface area contributed by atoms with Crippen LogP contribution in [0.3, 0.4) is 0 Å². The number of carbonyl (C=O) groups excluding carboxylic acids is 1. The van der Waals surface area contributed by atoms with E-state index in [4.69, 9.17) is 5.73 Å². The summed E-state index contributed by atoms with van der Waals surface area (Å²) in [5.41, 5.74) is 7.25. The number of rotatable bonds is 5. The highest BCUT2D eigenvalue weighted by Gasteiger charge is 1.99. The first kappa shape index (κ1) is 13.4. The standard InChI is InChI=1S/C13H17FN2O/c1-10(17)16-7-3-2-4-11-8-13(14)6-5-12(11)9-15/h2,4-6,8H,3,7,9,15H2,1H3,(H,16,17). The van der Waals surface area contributed by atoms with E-state index in [2.05, 4.69) is 5.32 Å². The van der Waals surface area contributed by atoms with E-state index in [-0.39, 0.29) is 11.7 Å². The molecule has 1 aromatic rings. The Bertz CT molecular complexity index is 416. The van der Waals surface area contributed by atoms with Crippen molar-refractivity contribution in [2.24, 2.45) is 5.73 Å². The van der Waals surface area contributed by atoms with Crippen molar-refractivity contribution in [1.82, 2.24) is 5.32 Å². The molecule has 1 aromatic carbocycles. The minimum Gasteiger partial charge on any atom is -0.356 e. The summed E-state index contributed by atoms with van der Waals surface area (Å²) < 4.78 is 13.0. The van der Waals surface area contributed by atoms with Crippen LogP contribution in [-0.2, 0) is 11.3 Å². The second-order valence-corrected chi connectivity index (χ2v) is 3.72. The third-order valence-corrected chi connectivity index (χ3v) is 2.31. The lowest BCUT2D eigenvalue weighted by Crippen LogP contribution is -2.20. The lowest BCUT2D eigenvalue weighted by Gasteiger charge is -2.03. The highest BCUT2D eigenvalue weighted by Crippen LogP contribution is 2.12. The highest BCUT2D eigenvalue weighted by atomic mass is 19.1. The van der Waals surface area contributed by atoms with E-state index in [1.165, 1.54) is 19.1 Å². The molecule has 0 aromatic heterocycles. The van der Waals surface area contributed by atoms with Gasteiger partial charge in [0.05, 0.1) is 0 Å². The molecule has 0 spiro atoms. The van der Waals surface area contributed by atoms with Crippen molar-refractivity contribution in [3.05, 3.63) is 41.2 Å². The molecular weight excluding hydrogens is 219 g/mol. The molecule has 0 atom stereocenters. The van der Waals surface area contributed by atoms with Gasteiger partial charge in [-0.05, 0) is 29.7 Å². The Morgan fingerprint density at radius 2 is 2.29 bits per heavy atom. The van der Waals surface area contributed by atoms with Gasteiger partial charge < -0.3 is 11.1 Å². The molecule has 4 heteroatoms. The summed E-state index contributed by atoms with van der Waals surface area (Å²) in [6.45, 7) is 2.44. The van der Waals surface area contributed by atoms with E-state index in [9.17, 15) is 9.18 Å². The van der Waals surface area contributed by atoms with Crippen molar-refractivity contribution in [3.63, 3.8) is 0 Å². The molecule has 0 aliphatic carbocycles. The largest absolute Gasteiger partial charge is 0.356 e. The molecule has 3 N–H and O–H groups in total. The predicted octanol–water partition coefficient (Wildman–Crippen LogP) is 1.82. The first-order valence-corrected chi connectivity index (χ1v) is 5.53. The molecule has 92 valence electrons. The molecule has 0 unspecified atom stereocenters. The maximum absolute atomic E-state index is 13.0. The zero-order valence-electron chi connectivity index (χ0n) is 9.87. The molecule has 0 radical (unpaired) electrons. The van der Waals surface area contributed by atoms with Gasteiger partial charge in [-0.15, -0.1) is 0 Å². The number of amides is 1. The van der Waals surface area contributed by atoms with Gasteiger partial charge in [-0.1, -0.05) is 18.2 Å². The Labute approximate surface area is 101 Å². The lowest BCUT2D eigenvalue weighted by atomic mass is 10.1. The van der Waals surface area contributed by atoms with Crippen molar-refractivity contribution >= 4 is 12.0 Å². The van der Waals surface area contributed by atoms with Crippen molar-refractivity contribution in [3.8, 4) is 0 Å². The maximum atomic E-state index is 13.0. The summed E-state index contributed by atoms with van der Waals surface area (Å²) in [5.74, 6) is -0.324. The minimum absolute atomic E-state index is 0.0493. The van der Waals surface area contributed by atoms with Crippen molar-refractivity contribution < 1.29 is 9.18 Å². The average Bonchev–Trinajstić information content (AvgIpc) is 2.28. The normalized spacial score (nSPS) is 10.8. The van der Waals surface area contributed by atoms with Gasteiger partial charge in [-0.25, -0.2) is 4.39 Å². The van der Waals surface area contributed by atoms with Gasteiger partial charge in [0.15, 0.2) is 0 Å². The number of carbonyl (C=O) groups is 1. The molecule has 0 saturated heterocycles. The third kappa shape index (κ3) is 4.78. The third-order valence-electron chi connectivity index (χ3n) is 2.31. The van der Waals surface area contributed by atoms with Crippen LogP contribution in [0, 0.1) is 5.82 Å². The second-order valence-electron chi connectivity index (χ2n) is 3.72. The van der Waals surface area contributed by atoms with E-state index in [0.29, 0.717) is 19.5 Å². The first-order valence-electron chi connectivity index (χ1n) is 5.53. The summed E-state index contributed by atoms with van der Waals surface area (Å²) in [6, 6.07) is 4.54. The number of nitrogens with one attached hydrogen (secondary N) is 1. The van der Waals surface area contributed by atoms with Crippen LogP contribution in [0.5, 0.6) is 0 Å². The summed E-state index contributed by atoms with van der Waals surface area (Å²) in [5, 5.41) is 2.68. The van der Waals surface area contributed by atoms with Crippen molar-refractivity contribution in [1.29, 1.82) is 0 Å². The fourth-order valence-electron chi connectivity index (χ4n) is 1.45. The molecule has 3 nitrogen and oxygen atoms in total. The van der Waals surface area contributed by atoms with Gasteiger partial charge in [-0.3, -0.25) is 4.79 Å². The van der Waals surface area contributed by atoms with Crippen LogP contribution in [0.25, 0.3) is 6.08 Å². The Hall–Kier alpha value is -1.68. The topological polar surface area (TPSA) is 55.1 Å². The van der Waals surface area contributed by atoms with Crippen LogP contribution in [0.4, 0.5) is 4.39 Å². The fourth-order valence-corrected chi connectivity index (χ4v) is 1.45. The highest BCUT2D eigenvalue weighted by molar-refractivity contribution is 5.72. The number of halogens is 1. The van der Waals surface area contributed by atoms with Gasteiger partial charge in [0.25, 0.3) is 0 Å². The van der Waals surface area contributed by atoms with Crippen LogP contribution in [0.1, 0.15) is 24.5 Å². The Balaban J connectivity index is 2.57. The second kappa shape index (κ2) is 6.81. The molecule has 0 fully saturated rings. The average molecular weight is 236 g/mol. The van der Waals surface area contributed by atoms with E-state index < -0.39 is 0 Å². The zero-order valence-corrected chi connectivity index (χ0v) is 9.87. The van der Waals surface area contributed by atoms with Gasteiger partial charge in [0, 0.05) is 20.0 Å². The van der Waals surface area contributed by atoms with Crippen molar-refractivity contribution in [2.75, 3.05) is 6.54 Å². The Morgan fingerprint density at radius 1 is 1.53 bits per heavy atom. The molecule has 1 amide bonds. The van der Waals surface area contributed by atoms with Gasteiger partial charge >= 0.3 is 0 Å². The smallest absolute Gasteiger partial charge is 0.216 e. The molecule has 0 bridgehead atoms. The van der Waals surface area contributed by atoms with E-state index in [1.807, 2.05) is 12.2 Å². The number of hydrogen-bond acceptors (Lipinski definition) is 2. The SMILES string of the molecule is CC(=O)NCCC=Cc1cc(F)ccc1CN. The molecule has 0 aliphatic rings. The van der Waals surface area contributed by atoms with Crippen LogP contribution >= 0.6 is 0 Å². The molecule has 0 aliphatic heterocycles. The maximum Gasteiger partial charge on any atom is 0.216 e. The fraction of sp³-hybridized carbons (Fsp3) is 0.308. The van der Waals surface area contributed by atoms with Gasteiger partial charge in [-0.2, -0.15) is 0 Å². The Morgan fingerprint density at radius 3 is 2.94 bits per heavy atom. The molecule has 17 heavy (non-hydrogen) atoms. The molecule has 0 heterocycles. The van der Waals surface area contributed by atoms with Crippen LogP contribution < -0.4 is 11.1 Å². The van der Waals surface area contributed by atoms with Crippen LogP contribution in [-0.4, -0.2) is 12.5 Å². The summed E-state index contributed by atoms with van der Waals surface area (Å²) in [7, 11) is 0. The van der Waals surface area contributed by atoms with Crippen molar-refractivity contribution in [2.45, 2.75) is 19.9 Å². The minimum atomic E-state index is -0.274. The quantitative estimate of drug-likeness (QED) is 0.766. The zero-order chi connectivity index (χ0) is 12.7. The monoisotopic (exact) mass is 236 g/mol. The lowest BCUT2D eigenvalue weighted by molar-refractivity contribution is -0.118. The van der Waals surface area contributed by atoms with Gasteiger partial charge in [0.2, 0.25) is 5.91 Å². The number of benzene rings is 1. The number of nitrogens with two attached hydrogens (primary N) is 1. The Kier molecular flexibility index (Phi) is 5.36. The summed E-state index contributed by atoms with van der Waals surface area (Å²) >= 11 is 0. The first-order chi connectivity index (χ1) is 8.13. The van der Waals surface area contributed by atoms with Crippen LogP contribution in [0.15, 0.2) is 24.3 Å².